The first kappa shape index (κ1) is 7.87. The van der Waals surface area contributed by atoms with Crippen molar-refractivity contribution < 1.29 is 25.7 Å². The normalized spacial score (nSPS) is 6.00. The fraction of sp³-hybridized carbons (Fsp3) is 0. The first-order valence-corrected chi connectivity index (χ1v) is 3.73. The largest absolute Gasteiger partial charge is 0.147 e. The molecule has 0 unspecified atom stereocenters. The van der Waals surface area contributed by atoms with Crippen LogP contribution in [-0.2, 0) is 25.7 Å². The van der Waals surface area contributed by atoms with Crippen LogP contribution in [0.1, 0.15) is 0 Å². The SMILES string of the molecule is [O]=[Ti]=[O].c1csnn1. The van der Waals surface area contributed by atoms with Crippen molar-refractivity contribution in [1.82, 2.24) is 9.59 Å². The molecule has 0 saturated carbocycles. The number of hydrogen-bond donors (Lipinski definition) is 0. The first-order valence-electron chi connectivity index (χ1n) is 1.62. The topological polar surface area (TPSA) is 59.9 Å². The summed E-state index contributed by atoms with van der Waals surface area (Å²) in [5, 5.41) is 5.31. The smallest absolute Gasteiger partial charge is 0.0620 e. The third kappa shape index (κ3) is 5.87. The van der Waals surface area contributed by atoms with E-state index in [2.05, 4.69) is 9.59 Å². The number of nitrogens with zero attached hydrogens (tertiary/aromatic N) is 2. The van der Waals surface area contributed by atoms with Gasteiger partial charge in [-0.3, -0.25) is 0 Å². The van der Waals surface area contributed by atoms with Gasteiger partial charge in [-0.2, -0.15) is 0 Å². The van der Waals surface area contributed by atoms with E-state index in [1.165, 1.54) is 11.5 Å². The molecule has 0 radical (unpaired) electrons. The van der Waals surface area contributed by atoms with E-state index in [9.17, 15) is 0 Å². The fourth-order valence-electron chi connectivity index (χ4n) is 0.136. The van der Waals surface area contributed by atoms with Crippen molar-refractivity contribution in [1.29, 1.82) is 0 Å². The molecule has 1 heterocycles. The second-order valence-corrected chi connectivity index (χ2v) is 1.58. The second-order valence-electron chi connectivity index (χ2n) is 0.671. The van der Waals surface area contributed by atoms with E-state index in [1.54, 1.807) is 6.20 Å². The molecule has 6 heteroatoms. The fourth-order valence-corrected chi connectivity index (χ4v) is 0.408. The molecule has 42 valence electrons. The molecule has 0 aliphatic rings. The summed E-state index contributed by atoms with van der Waals surface area (Å²) in [4.78, 5) is 0. The average Bonchev–Trinajstić information content (AvgIpc) is 2.17. The predicted octanol–water partition coefficient (Wildman–Crippen LogP) is 0.298. The van der Waals surface area contributed by atoms with Gasteiger partial charge in [0, 0.05) is 5.38 Å². The molecule has 1 aromatic heterocycles. The van der Waals surface area contributed by atoms with Gasteiger partial charge in [0.1, 0.15) is 0 Å². The Balaban J connectivity index is 0.000000145. The van der Waals surface area contributed by atoms with Gasteiger partial charge in [0.2, 0.25) is 0 Å². The average molecular weight is 166 g/mol. The first-order chi connectivity index (χ1) is 3.91. The van der Waals surface area contributed by atoms with Crippen LogP contribution in [0.2, 0.25) is 0 Å². The zero-order chi connectivity index (χ0) is 6.24. The Kier molecular flexibility index (Phi) is 6.77. The molecule has 0 amide bonds. The van der Waals surface area contributed by atoms with Gasteiger partial charge in [0.05, 0.1) is 6.20 Å². The van der Waals surface area contributed by atoms with Crippen molar-refractivity contribution in [3.8, 4) is 0 Å². The van der Waals surface area contributed by atoms with E-state index in [4.69, 9.17) is 6.65 Å². The maximum absolute atomic E-state index is 8.50. The van der Waals surface area contributed by atoms with E-state index >= 15 is 0 Å². The summed E-state index contributed by atoms with van der Waals surface area (Å²) in [6.45, 7) is 0. The molecule has 1 aromatic rings. The maximum Gasteiger partial charge on any atom is 0.0620 e. The Hall–Kier alpha value is -0.126. The van der Waals surface area contributed by atoms with E-state index in [0.29, 0.717) is 0 Å². The summed E-state index contributed by atoms with van der Waals surface area (Å²) in [5.74, 6) is 0. The van der Waals surface area contributed by atoms with Crippen LogP contribution >= 0.6 is 11.5 Å². The van der Waals surface area contributed by atoms with Crippen LogP contribution in [0.5, 0.6) is 0 Å². The van der Waals surface area contributed by atoms with Crippen LogP contribution < -0.4 is 0 Å². The zero-order valence-corrected chi connectivity index (χ0v) is 6.15. The molecular formula is C2H2N2O2STi. The van der Waals surface area contributed by atoms with Crippen molar-refractivity contribution in [3.05, 3.63) is 11.6 Å². The molecule has 0 aromatic carbocycles. The van der Waals surface area contributed by atoms with Gasteiger partial charge in [0.25, 0.3) is 0 Å². The molecule has 4 nitrogen and oxygen atoms in total. The van der Waals surface area contributed by atoms with Crippen LogP contribution in [-0.4, -0.2) is 9.59 Å². The zero-order valence-electron chi connectivity index (χ0n) is 3.77. The molecule has 0 aliphatic carbocycles. The van der Waals surface area contributed by atoms with Crippen LogP contribution in [0.15, 0.2) is 11.6 Å². The predicted molar refractivity (Wildman–Crippen MR) is 21.3 cm³/mol. The van der Waals surface area contributed by atoms with Crippen LogP contribution in [0.4, 0.5) is 0 Å². The molecule has 8 heavy (non-hydrogen) atoms. The molecular weight excluding hydrogens is 164 g/mol. The van der Waals surface area contributed by atoms with Gasteiger partial charge in [-0.05, 0) is 11.5 Å². The molecule has 0 N–H and O–H groups in total. The van der Waals surface area contributed by atoms with Gasteiger partial charge >= 0.3 is 25.7 Å². The van der Waals surface area contributed by atoms with Gasteiger partial charge in [0.15, 0.2) is 0 Å². The third-order valence-corrected chi connectivity index (χ3v) is 0.715. The minimum Gasteiger partial charge on any atom is -0.147 e. The van der Waals surface area contributed by atoms with Gasteiger partial charge in [-0.1, -0.05) is 4.49 Å². The summed E-state index contributed by atoms with van der Waals surface area (Å²) >= 11 is -0.648. The molecule has 0 aliphatic heterocycles. The van der Waals surface area contributed by atoms with Crippen LogP contribution in [0.3, 0.4) is 0 Å². The van der Waals surface area contributed by atoms with Crippen LogP contribution in [0.25, 0.3) is 0 Å². The molecule has 0 bridgehead atoms. The number of hydrogen-bond acceptors (Lipinski definition) is 5. The summed E-state index contributed by atoms with van der Waals surface area (Å²) in [6, 6.07) is 0. The van der Waals surface area contributed by atoms with E-state index < -0.39 is 19.1 Å². The number of rotatable bonds is 0. The van der Waals surface area contributed by atoms with Gasteiger partial charge in [-0.25, -0.2) is 0 Å². The van der Waals surface area contributed by atoms with Gasteiger partial charge < -0.3 is 0 Å². The molecule has 0 saturated heterocycles. The van der Waals surface area contributed by atoms with E-state index in [0.717, 1.165) is 0 Å². The minimum absolute atomic E-state index is 1.35. The Morgan fingerprint density at radius 1 is 1.50 bits per heavy atom. The summed E-state index contributed by atoms with van der Waals surface area (Å²) in [6.07, 6.45) is 1.66. The Bertz CT molecular complexity index is 130. The van der Waals surface area contributed by atoms with Crippen molar-refractivity contribution >= 4 is 11.5 Å². The Labute approximate surface area is 58.7 Å². The molecule has 0 fully saturated rings. The van der Waals surface area contributed by atoms with Crippen molar-refractivity contribution in [2.45, 2.75) is 0 Å². The van der Waals surface area contributed by atoms with E-state index in [-0.39, 0.29) is 0 Å². The summed E-state index contributed by atoms with van der Waals surface area (Å²) in [5.41, 5.74) is 0. The molecule has 0 spiro atoms. The quantitative estimate of drug-likeness (QED) is 0.520. The van der Waals surface area contributed by atoms with Crippen molar-refractivity contribution in [2.75, 3.05) is 0 Å². The van der Waals surface area contributed by atoms with Crippen molar-refractivity contribution in [2.24, 2.45) is 0 Å². The standard InChI is InChI=1S/C2H2N2S.2O.Ti/c1-2-5-4-3-1;;;/h1-2H;;;. The summed E-state index contributed by atoms with van der Waals surface area (Å²) in [7, 11) is 0. The summed E-state index contributed by atoms with van der Waals surface area (Å²) < 4.78 is 20.5. The molecule has 0 atom stereocenters. The Morgan fingerprint density at radius 3 is 2.25 bits per heavy atom. The monoisotopic (exact) mass is 166 g/mol. The van der Waals surface area contributed by atoms with Crippen LogP contribution in [0, 0.1) is 0 Å². The van der Waals surface area contributed by atoms with Crippen molar-refractivity contribution in [3.63, 3.8) is 0 Å². The van der Waals surface area contributed by atoms with E-state index in [1.807, 2.05) is 5.38 Å². The Morgan fingerprint density at radius 2 is 2.12 bits per heavy atom. The molecule has 1 rings (SSSR count). The second kappa shape index (κ2) is 6.87. The minimum atomic E-state index is -2.00. The maximum atomic E-state index is 8.50. The third-order valence-electron chi connectivity index (χ3n) is 0.283. The number of aromatic nitrogens is 2. The van der Waals surface area contributed by atoms with Gasteiger partial charge in [-0.15, -0.1) is 5.10 Å².